The maximum atomic E-state index is 6.02. The van der Waals surface area contributed by atoms with Gasteiger partial charge >= 0.3 is 0 Å². The summed E-state index contributed by atoms with van der Waals surface area (Å²) < 4.78 is 0. The Bertz CT molecular complexity index is 1280. The number of fused-ring (bicyclic) bond motifs is 1. The van der Waals surface area contributed by atoms with Crippen molar-refractivity contribution < 1.29 is 0 Å². The van der Waals surface area contributed by atoms with Gasteiger partial charge in [0.1, 0.15) is 22.1 Å². The van der Waals surface area contributed by atoms with Gasteiger partial charge in [-0.2, -0.15) is 0 Å². The van der Waals surface area contributed by atoms with Gasteiger partial charge in [0.25, 0.3) is 0 Å². The Morgan fingerprint density at radius 3 is 2.34 bits per heavy atom. The number of hydrogen-bond donors (Lipinski definition) is 1. The summed E-state index contributed by atoms with van der Waals surface area (Å²) >= 11 is 7.63. The van der Waals surface area contributed by atoms with Gasteiger partial charge in [0.2, 0.25) is 0 Å². The second-order valence-corrected chi connectivity index (χ2v) is 7.73. The van der Waals surface area contributed by atoms with Gasteiger partial charge in [-0.1, -0.05) is 66.2 Å². The first kappa shape index (κ1) is 17.8. The minimum absolute atomic E-state index is 0.433. The molecule has 2 aromatic carbocycles. The lowest BCUT2D eigenvalue weighted by molar-refractivity contribution is 1.23. The number of anilines is 2. The molecule has 0 spiro atoms. The number of nitrogens with one attached hydrogen (secondary N) is 1. The summed E-state index contributed by atoms with van der Waals surface area (Å²) in [5, 5.41) is 6.91. The predicted molar refractivity (Wildman–Crippen MR) is 121 cm³/mol. The smallest absolute Gasteiger partial charge is 0.143 e. The van der Waals surface area contributed by atoms with E-state index >= 15 is 0 Å². The third-order valence-corrected chi connectivity index (χ3v) is 5.76. The first-order valence-corrected chi connectivity index (χ1v) is 10.3. The van der Waals surface area contributed by atoms with Crippen LogP contribution in [0, 0.1) is 0 Å². The van der Waals surface area contributed by atoms with Crippen LogP contribution in [0.1, 0.15) is 0 Å². The van der Waals surface area contributed by atoms with Crippen molar-refractivity contribution in [3.8, 4) is 22.3 Å². The molecule has 0 saturated heterocycles. The fourth-order valence-electron chi connectivity index (χ4n) is 3.27. The third-order valence-electron chi connectivity index (χ3n) is 4.66. The van der Waals surface area contributed by atoms with E-state index in [0.717, 1.165) is 32.8 Å². The Hall–Kier alpha value is -3.28. The van der Waals surface area contributed by atoms with Crippen molar-refractivity contribution in [2.24, 2.45) is 0 Å². The number of thiophene rings is 1. The molecule has 0 fully saturated rings. The molecule has 0 aliphatic heterocycles. The van der Waals surface area contributed by atoms with Gasteiger partial charge in [0.15, 0.2) is 0 Å². The normalized spacial score (nSPS) is 10.9. The second-order valence-electron chi connectivity index (χ2n) is 6.49. The Morgan fingerprint density at radius 1 is 0.793 bits per heavy atom. The lowest BCUT2D eigenvalue weighted by atomic mass is 10.0. The molecule has 0 saturated carbocycles. The van der Waals surface area contributed by atoms with Crippen LogP contribution in [0.2, 0.25) is 5.15 Å². The van der Waals surface area contributed by atoms with E-state index in [1.54, 1.807) is 29.9 Å². The fraction of sp³-hybridized carbons (Fsp3) is 0. The molecule has 5 rings (SSSR count). The van der Waals surface area contributed by atoms with Crippen molar-refractivity contribution in [3.05, 3.63) is 89.8 Å². The van der Waals surface area contributed by atoms with E-state index in [0.29, 0.717) is 5.15 Å². The maximum absolute atomic E-state index is 6.02. The fourth-order valence-corrected chi connectivity index (χ4v) is 4.36. The largest absolute Gasteiger partial charge is 0.339 e. The van der Waals surface area contributed by atoms with Crippen LogP contribution in [0.5, 0.6) is 0 Å². The zero-order valence-electron chi connectivity index (χ0n) is 15.2. The van der Waals surface area contributed by atoms with E-state index in [4.69, 9.17) is 11.6 Å². The van der Waals surface area contributed by atoms with Crippen LogP contribution in [-0.4, -0.2) is 15.0 Å². The second kappa shape index (κ2) is 7.62. The highest BCUT2D eigenvalue weighted by molar-refractivity contribution is 7.17. The Labute approximate surface area is 176 Å². The van der Waals surface area contributed by atoms with Gasteiger partial charge in [0.05, 0.1) is 5.39 Å². The van der Waals surface area contributed by atoms with Crippen LogP contribution in [0.15, 0.2) is 84.6 Å². The molecule has 1 N–H and O–H groups in total. The van der Waals surface area contributed by atoms with Crippen molar-refractivity contribution in [1.82, 2.24) is 15.0 Å². The standard InChI is InChI=1S/C23H15ClN4S/c24-20-12-18(10-11-25-20)28-22-21-19(13-29-23(21)27-14-26-22)17-8-6-16(7-9-17)15-4-2-1-3-5-15/h1-14H,(H,25,26,27,28). The predicted octanol–water partition coefficient (Wildman–Crippen LogP) is 6.82. The minimum Gasteiger partial charge on any atom is -0.339 e. The molecule has 0 atom stereocenters. The molecule has 0 aliphatic rings. The summed E-state index contributed by atoms with van der Waals surface area (Å²) in [6, 6.07) is 22.6. The van der Waals surface area contributed by atoms with E-state index in [1.807, 2.05) is 12.1 Å². The molecule has 0 unspecified atom stereocenters. The highest BCUT2D eigenvalue weighted by Gasteiger charge is 2.14. The molecule has 4 nitrogen and oxygen atoms in total. The third kappa shape index (κ3) is 3.58. The van der Waals surface area contributed by atoms with Crippen molar-refractivity contribution in [1.29, 1.82) is 0 Å². The van der Waals surface area contributed by atoms with Gasteiger partial charge in [-0.3, -0.25) is 0 Å². The first-order valence-electron chi connectivity index (χ1n) is 9.04. The van der Waals surface area contributed by atoms with Crippen LogP contribution in [0.4, 0.5) is 11.5 Å². The molecule has 3 aromatic heterocycles. The lowest BCUT2D eigenvalue weighted by Crippen LogP contribution is -1.96. The summed E-state index contributed by atoms with van der Waals surface area (Å²) in [6.45, 7) is 0. The van der Waals surface area contributed by atoms with Crippen molar-refractivity contribution in [2.45, 2.75) is 0 Å². The topological polar surface area (TPSA) is 50.7 Å². The van der Waals surface area contributed by atoms with Crippen LogP contribution in [0.25, 0.3) is 32.5 Å². The average Bonchev–Trinajstić information content (AvgIpc) is 3.20. The van der Waals surface area contributed by atoms with E-state index in [2.05, 4.69) is 74.2 Å². The highest BCUT2D eigenvalue weighted by atomic mass is 35.5. The zero-order chi connectivity index (χ0) is 19.6. The van der Waals surface area contributed by atoms with Gasteiger partial charge in [-0.05, 0) is 28.8 Å². The van der Waals surface area contributed by atoms with E-state index in [-0.39, 0.29) is 0 Å². The monoisotopic (exact) mass is 414 g/mol. The number of hydrogen-bond acceptors (Lipinski definition) is 5. The van der Waals surface area contributed by atoms with Crippen LogP contribution < -0.4 is 5.32 Å². The molecule has 0 aliphatic carbocycles. The van der Waals surface area contributed by atoms with Gasteiger partial charge in [-0.15, -0.1) is 11.3 Å². The molecule has 0 bridgehead atoms. The number of pyridine rings is 1. The first-order chi connectivity index (χ1) is 14.3. The summed E-state index contributed by atoms with van der Waals surface area (Å²) in [4.78, 5) is 13.9. The molecule has 6 heteroatoms. The molecule has 5 aromatic rings. The summed E-state index contributed by atoms with van der Waals surface area (Å²) in [5.41, 5.74) is 5.46. The summed E-state index contributed by atoms with van der Waals surface area (Å²) in [7, 11) is 0. The van der Waals surface area contributed by atoms with Gasteiger partial charge < -0.3 is 5.32 Å². The van der Waals surface area contributed by atoms with Gasteiger partial charge in [-0.25, -0.2) is 15.0 Å². The number of halogens is 1. The van der Waals surface area contributed by atoms with Crippen LogP contribution >= 0.6 is 22.9 Å². The number of benzene rings is 2. The highest BCUT2D eigenvalue weighted by Crippen LogP contribution is 2.38. The van der Waals surface area contributed by atoms with Crippen molar-refractivity contribution >= 4 is 44.7 Å². The maximum Gasteiger partial charge on any atom is 0.143 e. The van der Waals surface area contributed by atoms with Crippen molar-refractivity contribution in [3.63, 3.8) is 0 Å². The Kier molecular flexibility index (Phi) is 4.68. The quantitative estimate of drug-likeness (QED) is 0.328. The molecule has 3 heterocycles. The Morgan fingerprint density at radius 2 is 1.55 bits per heavy atom. The van der Waals surface area contributed by atoms with Crippen LogP contribution in [0.3, 0.4) is 0 Å². The molecular weight excluding hydrogens is 400 g/mol. The SMILES string of the molecule is Clc1cc(Nc2ncnc3scc(-c4ccc(-c5ccccc5)cc4)c23)ccn1. The van der Waals surface area contributed by atoms with Crippen molar-refractivity contribution in [2.75, 3.05) is 5.32 Å². The molecule has 0 amide bonds. The van der Waals surface area contributed by atoms with Gasteiger partial charge in [0, 0.05) is 22.8 Å². The number of aromatic nitrogens is 3. The molecule has 0 radical (unpaired) electrons. The Balaban J connectivity index is 1.55. The van der Waals surface area contributed by atoms with Crippen LogP contribution in [-0.2, 0) is 0 Å². The lowest BCUT2D eigenvalue weighted by Gasteiger charge is -2.09. The zero-order valence-corrected chi connectivity index (χ0v) is 16.8. The number of nitrogens with zero attached hydrogens (tertiary/aromatic N) is 3. The minimum atomic E-state index is 0.433. The summed E-state index contributed by atoms with van der Waals surface area (Å²) in [5.74, 6) is 0.751. The van der Waals surface area contributed by atoms with E-state index in [9.17, 15) is 0 Å². The summed E-state index contributed by atoms with van der Waals surface area (Å²) in [6.07, 6.45) is 3.24. The molecular formula is C23H15ClN4S. The van der Waals surface area contributed by atoms with E-state index < -0.39 is 0 Å². The molecule has 140 valence electrons. The average molecular weight is 415 g/mol. The van der Waals surface area contributed by atoms with E-state index in [1.165, 1.54) is 11.1 Å². The number of rotatable bonds is 4. The molecule has 29 heavy (non-hydrogen) atoms.